The molecule has 0 aromatic rings. The van der Waals surface area contributed by atoms with Crippen LogP contribution in [0.5, 0.6) is 0 Å². The molecule has 4 nitrogen and oxygen atoms in total. The number of nitrogens with zero attached hydrogens (tertiary/aromatic N) is 2. The third kappa shape index (κ3) is 3.18. The third-order valence-corrected chi connectivity index (χ3v) is 7.88. The molecule has 5 aliphatic rings. The fourth-order valence-corrected chi connectivity index (χ4v) is 6.28. The molecule has 0 amide bonds. The number of aliphatic imine (C=N–C) groups is 2. The fourth-order valence-electron chi connectivity index (χ4n) is 6.28. The molecule has 144 valence electrons. The molecule has 0 aromatic carbocycles. The molecule has 3 fully saturated rings. The van der Waals surface area contributed by atoms with Gasteiger partial charge in [-0.3, -0.25) is 9.98 Å². The molecule has 8 unspecified atom stereocenters. The van der Waals surface area contributed by atoms with Gasteiger partial charge in [0, 0.05) is 23.9 Å². The van der Waals surface area contributed by atoms with E-state index in [1.54, 1.807) is 0 Å². The maximum absolute atomic E-state index is 5.17. The van der Waals surface area contributed by atoms with E-state index >= 15 is 0 Å². The number of fused-ring (bicyclic) bond motifs is 2. The van der Waals surface area contributed by atoms with Crippen LogP contribution in [0.25, 0.3) is 0 Å². The van der Waals surface area contributed by atoms with E-state index in [-0.39, 0.29) is 0 Å². The number of hydrogen-bond donors (Lipinski definition) is 2. The summed E-state index contributed by atoms with van der Waals surface area (Å²) in [6.45, 7) is 4.79. The van der Waals surface area contributed by atoms with Gasteiger partial charge in [0.1, 0.15) is 11.7 Å². The molecule has 2 aliphatic heterocycles. The SMILES string of the molecule is CC1CCC2NC(C3CCCC(C4=NC5CCC(C)CC5N4)C3)=NC2C1. The van der Waals surface area contributed by atoms with Crippen LogP contribution in [0.4, 0.5) is 0 Å². The van der Waals surface area contributed by atoms with E-state index in [0.717, 1.165) is 11.8 Å². The van der Waals surface area contributed by atoms with Crippen LogP contribution in [0.3, 0.4) is 0 Å². The maximum Gasteiger partial charge on any atom is 0.100 e. The highest BCUT2D eigenvalue weighted by molar-refractivity contribution is 5.90. The lowest BCUT2D eigenvalue weighted by Crippen LogP contribution is -2.43. The van der Waals surface area contributed by atoms with Crippen molar-refractivity contribution in [2.24, 2.45) is 33.7 Å². The van der Waals surface area contributed by atoms with Gasteiger partial charge in [0.05, 0.1) is 12.1 Å². The Hall–Kier alpha value is -1.06. The van der Waals surface area contributed by atoms with E-state index in [2.05, 4.69) is 24.5 Å². The van der Waals surface area contributed by atoms with Crippen LogP contribution in [0.2, 0.25) is 0 Å². The minimum absolute atomic E-state index is 0.556. The molecule has 26 heavy (non-hydrogen) atoms. The Bertz CT molecular complexity index is 597. The Kier molecular flexibility index (Phi) is 4.48. The first kappa shape index (κ1) is 17.1. The van der Waals surface area contributed by atoms with Crippen molar-refractivity contribution in [3.63, 3.8) is 0 Å². The number of amidine groups is 2. The summed E-state index contributed by atoms with van der Waals surface area (Å²) in [5.74, 6) is 5.69. The van der Waals surface area contributed by atoms with E-state index in [9.17, 15) is 0 Å². The number of rotatable bonds is 2. The Morgan fingerprint density at radius 3 is 2.12 bits per heavy atom. The summed E-state index contributed by atoms with van der Waals surface area (Å²) in [6.07, 6.45) is 13.1. The Morgan fingerprint density at radius 1 is 0.654 bits per heavy atom. The van der Waals surface area contributed by atoms with E-state index in [1.807, 2.05) is 0 Å². The van der Waals surface area contributed by atoms with Gasteiger partial charge in [-0.2, -0.15) is 0 Å². The first-order valence-corrected chi connectivity index (χ1v) is 11.3. The second-order valence-electron chi connectivity index (χ2n) is 10.1. The summed E-state index contributed by atoms with van der Waals surface area (Å²) >= 11 is 0. The normalized spacial score (nSPS) is 47.9. The van der Waals surface area contributed by atoms with Crippen LogP contribution in [0.1, 0.15) is 78.1 Å². The minimum atomic E-state index is 0.556. The summed E-state index contributed by atoms with van der Waals surface area (Å²) in [5, 5.41) is 7.69. The van der Waals surface area contributed by atoms with Crippen LogP contribution in [0, 0.1) is 23.7 Å². The smallest absolute Gasteiger partial charge is 0.100 e. The molecule has 2 heterocycles. The van der Waals surface area contributed by atoms with Crippen molar-refractivity contribution in [2.75, 3.05) is 0 Å². The van der Waals surface area contributed by atoms with Crippen molar-refractivity contribution in [2.45, 2.75) is 102 Å². The van der Waals surface area contributed by atoms with Crippen molar-refractivity contribution < 1.29 is 0 Å². The largest absolute Gasteiger partial charge is 0.369 e. The van der Waals surface area contributed by atoms with Crippen molar-refractivity contribution in [3.8, 4) is 0 Å². The molecular weight excluding hydrogens is 320 g/mol. The highest BCUT2D eigenvalue weighted by Gasteiger charge is 2.40. The van der Waals surface area contributed by atoms with Gasteiger partial charge in [0.25, 0.3) is 0 Å². The maximum atomic E-state index is 5.17. The molecular formula is C22H36N4. The lowest BCUT2D eigenvalue weighted by atomic mass is 9.80. The molecule has 8 atom stereocenters. The van der Waals surface area contributed by atoms with Crippen LogP contribution < -0.4 is 10.6 Å². The highest BCUT2D eigenvalue weighted by Crippen LogP contribution is 2.37. The molecule has 4 heteroatoms. The van der Waals surface area contributed by atoms with Crippen LogP contribution in [-0.2, 0) is 0 Å². The van der Waals surface area contributed by atoms with E-state index in [1.165, 1.54) is 75.9 Å². The van der Waals surface area contributed by atoms with E-state index in [0.29, 0.717) is 36.0 Å². The van der Waals surface area contributed by atoms with Gasteiger partial charge < -0.3 is 10.6 Å². The first-order chi connectivity index (χ1) is 12.7. The van der Waals surface area contributed by atoms with Gasteiger partial charge in [-0.25, -0.2) is 0 Å². The van der Waals surface area contributed by atoms with Gasteiger partial charge in [-0.1, -0.05) is 20.3 Å². The van der Waals surface area contributed by atoms with Gasteiger partial charge in [-0.15, -0.1) is 0 Å². The number of nitrogens with one attached hydrogen (secondary N) is 2. The summed E-state index contributed by atoms with van der Waals surface area (Å²) < 4.78 is 0. The van der Waals surface area contributed by atoms with Crippen molar-refractivity contribution >= 4 is 11.7 Å². The standard InChI is InChI=1S/C22H36N4/c1-13-6-8-17-19(10-13)25-21(23-17)15-4-3-5-16(12-15)22-24-18-9-7-14(2)11-20(18)26-22/h13-20H,3-12H2,1-2H3,(H,23,25)(H,24,26). The van der Waals surface area contributed by atoms with Crippen LogP contribution >= 0.6 is 0 Å². The Morgan fingerprint density at radius 2 is 1.31 bits per heavy atom. The summed E-state index contributed by atoms with van der Waals surface area (Å²) in [6, 6.07) is 2.38. The van der Waals surface area contributed by atoms with Gasteiger partial charge in [-0.05, 0) is 69.6 Å². The quantitative estimate of drug-likeness (QED) is 0.788. The van der Waals surface area contributed by atoms with Crippen LogP contribution in [-0.4, -0.2) is 35.8 Å². The van der Waals surface area contributed by atoms with Crippen molar-refractivity contribution in [1.29, 1.82) is 0 Å². The first-order valence-electron chi connectivity index (χ1n) is 11.3. The predicted octanol–water partition coefficient (Wildman–Crippen LogP) is 3.91. The van der Waals surface area contributed by atoms with Crippen molar-refractivity contribution in [1.82, 2.24) is 10.6 Å². The van der Waals surface area contributed by atoms with Gasteiger partial charge in [0.2, 0.25) is 0 Å². The molecule has 0 radical (unpaired) electrons. The second kappa shape index (κ2) is 6.83. The van der Waals surface area contributed by atoms with E-state index < -0.39 is 0 Å². The molecule has 3 aliphatic carbocycles. The summed E-state index contributed by atoms with van der Waals surface area (Å²) in [5.41, 5.74) is 0. The lowest BCUT2D eigenvalue weighted by molar-refractivity contribution is 0.304. The molecule has 0 saturated heterocycles. The zero-order valence-corrected chi connectivity index (χ0v) is 16.6. The molecule has 2 N–H and O–H groups in total. The zero-order valence-electron chi connectivity index (χ0n) is 16.6. The highest BCUT2D eigenvalue weighted by atomic mass is 15.2. The van der Waals surface area contributed by atoms with Gasteiger partial charge >= 0.3 is 0 Å². The number of hydrogen-bond acceptors (Lipinski definition) is 4. The molecule has 5 rings (SSSR count). The molecule has 3 saturated carbocycles. The summed E-state index contributed by atoms with van der Waals surface area (Å²) in [4.78, 5) is 10.3. The Balaban J connectivity index is 1.24. The predicted molar refractivity (Wildman–Crippen MR) is 108 cm³/mol. The van der Waals surface area contributed by atoms with E-state index in [4.69, 9.17) is 9.98 Å². The zero-order chi connectivity index (χ0) is 17.7. The molecule has 0 spiro atoms. The second-order valence-corrected chi connectivity index (χ2v) is 10.1. The minimum Gasteiger partial charge on any atom is -0.369 e. The summed E-state index contributed by atoms with van der Waals surface area (Å²) in [7, 11) is 0. The molecule has 0 aromatic heterocycles. The average molecular weight is 357 g/mol. The average Bonchev–Trinajstić information content (AvgIpc) is 3.25. The van der Waals surface area contributed by atoms with Gasteiger partial charge in [0.15, 0.2) is 0 Å². The monoisotopic (exact) mass is 356 g/mol. The molecule has 0 bridgehead atoms. The van der Waals surface area contributed by atoms with Crippen molar-refractivity contribution in [3.05, 3.63) is 0 Å². The van der Waals surface area contributed by atoms with Crippen LogP contribution in [0.15, 0.2) is 9.98 Å². The topological polar surface area (TPSA) is 48.8 Å². The third-order valence-electron chi connectivity index (χ3n) is 7.88. The fraction of sp³-hybridized carbons (Fsp3) is 0.909. The Labute approximate surface area is 158 Å². The lowest BCUT2D eigenvalue weighted by Gasteiger charge is -2.31.